The van der Waals surface area contributed by atoms with Crippen molar-refractivity contribution < 1.29 is 4.42 Å². The lowest BCUT2D eigenvalue weighted by molar-refractivity contribution is 0.332. The van der Waals surface area contributed by atoms with E-state index in [9.17, 15) is 0 Å². The molecule has 0 fully saturated rings. The average Bonchev–Trinajstić information content (AvgIpc) is 3.90. The highest BCUT2D eigenvalue weighted by atomic mass is 32.1. The Balaban J connectivity index is 1.17. The van der Waals surface area contributed by atoms with E-state index in [1.165, 1.54) is 122 Å². The summed E-state index contributed by atoms with van der Waals surface area (Å²) in [4.78, 5) is 2.71. The molecule has 3 aliphatic rings. The topological polar surface area (TPSA) is 21.3 Å². The molecule has 0 spiro atoms. The van der Waals surface area contributed by atoms with E-state index in [2.05, 4.69) is 194 Å². The second kappa shape index (κ2) is 12.1. The van der Waals surface area contributed by atoms with Crippen LogP contribution in [0.1, 0.15) is 104 Å². The van der Waals surface area contributed by atoms with Crippen molar-refractivity contribution in [3.8, 4) is 16.8 Å². The second-order valence-corrected chi connectivity index (χ2v) is 23.5. The summed E-state index contributed by atoms with van der Waals surface area (Å²) in [5, 5.41) is 7.63. The van der Waals surface area contributed by atoms with Gasteiger partial charge in [-0.25, -0.2) is 0 Å². The van der Waals surface area contributed by atoms with Crippen LogP contribution in [0.2, 0.25) is 0 Å². The summed E-state index contributed by atoms with van der Waals surface area (Å²) in [6.45, 7) is 23.7. The molecular weight excluding hydrogens is 784 g/mol. The monoisotopic (exact) mass is 836 g/mol. The minimum atomic E-state index is -0.0514. The number of aromatic nitrogens is 1. The molecular formula is C58H53BN2OS. The third-order valence-electron chi connectivity index (χ3n) is 15.5. The molecule has 2 aliphatic heterocycles. The van der Waals surface area contributed by atoms with Crippen LogP contribution in [0.3, 0.4) is 0 Å². The quantitative estimate of drug-likeness (QED) is 0.154. The van der Waals surface area contributed by atoms with Gasteiger partial charge < -0.3 is 13.8 Å². The van der Waals surface area contributed by atoms with Crippen molar-refractivity contribution in [1.29, 1.82) is 0 Å². The molecule has 5 heteroatoms. The predicted octanol–water partition coefficient (Wildman–Crippen LogP) is 15.2. The van der Waals surface area contributed by atoms with Crippen molar-refractivity contribution in [2.24, 2.45) is 0 Å². The summed E-state index contributed by atoms with van der Waals surface area (Å²) >= 11 is 1.97. The fourth-order valence-corrected chi connectivity index (χ4v) is 13.0. The molecule has 0 radical (unpaired) electrons. The smallest absolute Gasteiger partial charge is 0.333 e. The summed E-state index contributed by atoms with van der Waals surface area (Å²) in [6.07, 6.45) is 2.42. The van der Waals surface area contributed by atoms with Gasteiger partial charge in [0.2, 0.25) is 0 Å². The Labute approximate surface area is 374 Å². The van der Waals surface area contributed by atoms with Gasteiger partial charge in [-0.05, 0) is 128 Å². The van der Waals surface area contributed by atoms with Gasteiger partial charge in [0.25, 0.3) is 0 Å². The molecule has 0 N–H and O–H groups in total. The highest BCUT2D eigenvalue weighted by Crippen LogP contribution is 2.52. The van der Waals surface area contributed by atoms with Crippen LogP contribution in [0.4, 0.5) is 11.4 Å². The van der Waals surface area contributed by atoms with E-state index >= 15 is 0 Å². The number of nitrogens with zero attached hydrogens (tertiary/aromatic N) is 2. The van der Waals surface area contributed by atoms with Crippen molar-refractivity contribution in [2.75, 3.05) is 4.81 Å². The highest BCUT2D eigenvalue weighted by molar-refractivity contribution is 7.25. The van der Waals surface area contributed by atoms with E-state index in [0.29, 0.717) is 0 Å². The van der Waals surface area contributed by atoms with Gasteiger partial charge in [-0.15, -0.1) is 11.3 Å². The molecule has 0 unspecified atom stereocenters. The number of hydrogen-bond donors (Lipinski definition) is 0. The fourth-order valence-electron chi connectivity index (χ4n) is 11.8. The van der Waals surface area contributed by atoms with Gasteiger partial charge in [0.1, 0.15) is 11.2 Å². The Bertz CT molecular complexity index is 3650. The fraction of sp³-hybridized carbons (Fsp3) is 0.276. The minimum absolute atomic E-state index is 0.0294. The van der Waals surface area contributed by atoms with E-state index in [0.717, 1.165) is 16.6 Å². The maximum atomic E-state index is 6.59. The van der Waals surface area contributed by atoms with Gasteiger partial charge in [-0.3, -0.25) is 0 Å². The number of benzene rings is 7. The molecule has 13 rings (SSSR count). The molecule has 3 nitrogen and oxygen atoms in total. The van der Waals surface area contributed by atoms with Crippen LogP contribution < -0.4 is 15.7 Å². The summed E-state index contributed by atoms with van der Waals surface area (Å²) in [5.41, 5.74) is 19.5. The average molecular weight is 837 g/mol. The number of para-hydroxylation sites is 1. The number of rotatable bonds is 1. The Morgan fingerprint density at radius 2 is 1.24 bits per heavy atom. The molecule has 0 atom stereocenters. The molecule has 5 heterocycles. The van der Waals surface area contributed by atoms with Gasteiger partial charge in [-0.1, -0.05) is 124 Å². The van der Waals surface area contributed by atoms with Gasteiger partial charge in [-0.2, -0.15) is 0 Å². The van der Waals surface area contributed by atoms with Crippen molar-refractivity contribution in [3.05, 3.63) is 138 Å². The number of fused-ring (bicyclic) bond motifs is 15. The summed E-state index contributed by atoms with van der Waals surface area (Å²) in [6, 6.07) is 45.1. The molecule has 63 heavy (non-hydrogen) atoms. The number of thiophene rings is 1. The lowest BCUT2D eigenvalue weighted by Gasteiger charge is -2.42. The molecule has 310 valence electrons. The van der Waals surface area contributed by atoms with E-state index in [1.54, 1.807) is 0 Å². The first-order valence-electron chi connectivity index (χ1n) is 23.0. The Morgan fingerprint density at radius 1 is 0.556 bits per heavy atom. The SMILES string of the molecule is CC(C)(C)c1ccc(N2B3c4cc(C(C)(C)C)ccc4-n4c5cc6oc7ccccc7c6cc5c5ccc(c3c54)-c3cc4sc5cc6c(cc5c4cc32)C(C)(C)CCC6(C)C)cc1. The first-order valence-corrected chi connectivity index (χ1v) is 23.8. The Kier molecular flexibility index (Phi) is 7.23. The molecule has 3 aromatic heterocycles. The van der Waals surface area contributed by atoms with Crippen molar-refractivity contribution in [2.45, 2.75) is 104 Å². The van der Waals surface area contributed by atoms with Crippen LogP contribution in [0.15, 0.2) is 120 Å². The lowest BCUT2D eigenvalue weighted by Crippen LogP contribution is -2.60. The van der Waals surface area contributed by atoms with Crippen LogP contribution in [0.5, 0.6) is 0 Å². The zero-order chi connectivity index (χ0) is 43.3. The normalized spacial score (nSPS) is 16.5. The van der Waals surface area contributed by atoms with Crippen LogP contribution >= 0.6 is 11.3 Å². The maximum absolute atomic E-state index is 6.59. The number of hydrogen-bond acceptors (Lipinski definition) is 3. The van der Waals surface area contributed by atoms with Gasteiger partial charge >= 0.3 is 6.85 Å². The standard InChI is InChI=1S/C58H53BN2OS/c1-55(2,3)32-15-18-34(19-16-32)61-48-28-42-41-27-43-44(58(9,10)24-23-57(43,7)8)30-52(41)63-51(42)29-39(48)36-20-21-37-38-26-40-35-13-11-12-14-49(35)62-50(40)31-47(38)60-46-22-17-33(56(4,5)6)25-45(46)59(61)53(36)54(37)60/h11-22,25-31H,23-24H2,1-10H3. The van der Waals surface area contributed by atoms with Gasteiger partial charge in [0.05, 0.1) is 11.0 Å². The third-order valence-corrected chi connectivity index (χ3v) is 16.7. The van der Waals surface area contributed by atoms with Crippen LogP contribution in [-0.4, -0.2) is 11.4 Å². The van der Waals surface area contributed by atoms with E-state index < -0.39 is 0 Å². The third kappa shape index (κ3) is 5.09. The van der Waals surface area contributed by atoms with Crippen LogP contribution in [-0.2, 0) is 21.7 Å². The van der Waals surface area contributed by atoms with E-state index in [-0.39, 0.29) is 28.5 Å². The lowest BCUT2D eigenvalue weighted by atomic mass is 9.43. The highest BCUT2D eigenvalue weighted by Gasteiger charge is 2.45. The zero-order valence-electron chi connectivity index (χ0n) is 38.2. The molecule has 1 aliphatic carbocycles. The van der Waals surface area contributed by atoms with Gasteiger partial charge in [0.15, 0.2) is 0 Å². The summed E-state index contributed by atoms with van der Waals surface area (Å²) in [7, 11) is 0. The Hall–Kier alpha value is -5.78. The number of anilines is 2. The van der Waals surface area contributed by atoms with Crippen molar-refractivity contribution in [3.63, 3.8) is 0 Å². The first kappa shape index (κ1) is 37.8. The van der Waals surface area contributed by atoms with Crippen molar-refractivity contribution >= 4 is 104 Å². The summed E-state index contributed by atoms with van der Waals surface area (Å²) in [5.74, 6) is 0. The molecule has 0 bridgehead atoms. The van der Waals surface area contributed by atoms with Crippen LogP contribution in [0, 0.1) is 0 Å². The molecule has 0 saturated heterocycles. The summed E-state index contributed by atoms with van der Waals surface area (Å²) < 4.78 is 11.9. The molecule has 0 amide bonds. The van der Waals surface area contributed by atoms with Crippen molar-refractivity contribution in [1.82, 2.24) is 4.57 Å². The Morgan fingerprint density at radius 3 is 1.98 bits per heavy atom. The van der Waals surface area contributed by atoms with E-state index in [1.807, 2.05) is 11.3 Å². The second-order valence-electron chi connectivity index (χ2n) is 22.4. The maximum Gasteiger partial charge on any atom is 0.333 e. The predicted molar refractivity (Wildman–Crippen MR) is 273 cm³/mol. The zero-order valence-corrected chi connectivity index (χ0v) is 39.0. The molecule has 7 aromatic carbocycles. The van der Waals surface area contributed by atoms with Crippen LogP contribution in [0.25, 0.3) is 80.7 Å². The van der Waals surface area contributed by atoms with E-state index in [4.69, 9.17) is 4.42 Å². The molecule has 10 aromatic rings. The van der Waals surface area contributed by atoms with Gasteiger partial charge in [0, 0.05) is 70.4 Å². The first-order chi connectivity index (χ1) is 30.0. The number of furan rings is 1. The largest absolute Gasteiger partial charge is 0.456 e. The molecule has 0 saturated carbocycles. The minimum Gasteiger partial charge on any atom is -0.456 e.